The Labute approximate surface area is 199 Å². The molecule has 0 amide bonds. The van der Waals surface area contributed by atoms with Gasteiger partial charge in [0.1, 0.15) is 5.75 Å². The summed E-state index contributed by atoms with van der Waals surface area (Å²) in [4.78, 5) is 4.03. The normalized spacial score (nSPS) is 17.2. The molecule has 2 rings (SSSR count). The number of benzene rings is 1. The Morgan fingerprint density at radius 3 is 2.74 bits per heavy atom. The number of alkyl halides is 2. The highest BCUT2D eigenvalue weighted by molar-refractivity contribution is 14.0. The first-order valence-electron chi connectivity index (χ1n) is 9.87. The molecule has 1 atom stereocenters. The minimum absolute atomic E-state index is 0. The van der Waals surface area contributed by atoms with Crippen molar-refractivity contribution in [3.63, 3.8) is 0 Å². The van der Waals surface area contributed by atoms with Crippen molar-refractivity contribution in [2.24, 2.45) is 4.99 Å². The molecule has 1 aliphatic heterocycles. The summed E-state index contributed by atoms with van der Waals surface area (Å²) in [7, 11) is -1.92. The Morgan fingerprint density at radius 1 is 1.32 bits per heavy atom. The van der Waals surface area contributed by atoms with Crippen molar-refractivity contribution in [3.8, 4) is 5.75 Å². The maximum atomic E-state index is 12.6. The van der Waals surface area contributed by atoms with Gasteiger partial charge in [0, 0.05) is 38.9 Å². The molecule has 0 spiro atoms. The molecule has 12 heteroatoms. The summed E-state index contributed by atoms with van der Waals surface area (Å²) >= 11 is 0. The van der Waals surface area contributed by atoms with Gasteiger partial charge in [0.2, 0.25) is 10.0 Å². The fourth-order valence-corrected chi connectivity index (χ4v) is 3.98. The van der Waals surface area contributed by atoms with E-state index >= 15 is 0 Å². The second kappa shape index (κ2) is 14.0. The van der Waals surface area contributed by atoms with Crippen molar-refractivity contribution >= 4 is 40.0 Å². The molecule has 0 bridgehead atoms. The maximum absolute atomic E-state index is 12.6. The van der Waals surface area contributed by atoms with Crippen LogP contribution in [0.1, 0.15) is 30.4 Å². The van der Waals surface area contributed by atoms with Gasteiger partial charge in [-0.3, -0.25) is 4.99 Å². The van der Waals surface area contributed by atoms with Crippen LogP contribution in [0.3, 0.4) is 0 Å². The van der Waals surface area contributed by atoms with E-state index in [0.717, 1.165) is 24.8 Å². The van der Waals surface area contributed by atoms with E-state index in [9.17, 15) is 17.2 Å². The van der Waals surface area contributed by atoms with Gasteiger partial charge in [0.15, 0.2) is 5.96 Å². The fourth-order valence-electron chi connectivity index (χ4n) is 3.02. The number of hydrogen-bond acceptors (Lipinski definition) is 5. The van der Waals surface area contributed by atoms with E-state index < -0.39 is 16.6 Å². The number of hydrogen-bond donors (Lipinski definition) is 3. The molecule has 1 aromatic carbocycles. The van der Waals surface area contributed by atoms with Gasteiger partial charge in [0.25, 0.3) is 0 Å². The van der Waals surface area contributed by atoms with Crippen LogP contribution in [0.5, 0.6) is 5.75 Å². The number of halogens is 3. The van der Waals surface area contributed by atoms with Crippen LogP contribution in [0.25, 0.3) is 0 Å². The number of guanidine groups is 1. The molecule has 0 radical (unpaired) electrons. The third-order valence-corrected chi connectivity index (χ3v) is 5.92. The van der Waals surface area contributed by atoms with Crippen molar-refractivity contribution in [3.05, 3.63) is 29.3 Å². The highest BCUT2D eigenvalue weighted by Gasteiger charge is 2.17. The van der Waals surface area contributed by atoms with Crippen molar-refractivity contribution in [2.45, 2.75) is 45.4 Å². The summed E-state index contributed by atoms with van der Waals surface area (Å²) in [6, 6.07) is 4.91. The van der Waals surface area contributed by atoms with Gasteiger partial charge in [-0.15, -0.1) is 24.0 Å². The molecule has 1 saturated heterocycles. The smallest absolute Gasteiger partial charge is 0.387 e. The Balaban J connectivity index is 0.00000480. The molecule has 1 unspecified atom stereocenters. The molecule has 0 aromatic heterocycles. The first-order valence-corrected chi connectivity index (χ1v) is 11.5. The number of rotatable bonds is 10. The van der Waals surface area contributed by atoms with Crippen LogP contribution in [0.4, 0.5) is 8.78 Å². The highest BCUT2D eigenvalue weighted by Crippen LogP contribution is 2.22. The Hall–Kier alpha value is -1.25. The monoisotopic (exact) mass is 576 g/mol. The molecule has 1 aromatic rings. The van der Waals surface area contributed by atoms with Gasteiger partial charge in [-0.2, -0.15) is 8.78 Å². The highest BCUT2D eigenvalue weighted by atomic mass is 127. The second-order valence-corrected chi connectivity index (χ2v) is 8.92. The fraction of sp³-hybridized carbons (Fsp3) is 0.632. The standard InChI is InChI=1S/C19H30F2N4O4S.HI/c1-14-6-7-17(29-18(20)21)15(11-14)12-24-19(22-2)23-8-10-30(26,27)25-13-16-5-3-4-9-28-16;/h6-7,11,16,18,25H,3-5,8-10,12-13H2,1-2H3,(H2,22,23,24);1H. The average Bonchev–Trinajstić information content (AvgIpc) is 2.71. The summed E-state index contributed by atoms with van der Waals surface area (Å²) in [6.45, 7) is 0.193. The minimum atomic E-state index is -3.46. The SMILES string of the molecule is CN=C(NCCS(=O)(=O)NCC1CCCCO1)NCc1cc(C)ccc1OC(F)F.I. The Bertz CT molecular complexity index is 806. The molecule has 0 saturated carbocycles. The molecule has 1 aliphatic rings. The minimum Gasteiger partial charge on any atom is -0.434 e. The summed E-state index contributed by atoms with van der Waals surface area (Å²) in [5, 5.41) is 5.88. The van der Waals surface area contributed by atoms with Crippen LogP contribution < -0.4 is 20.1 Å². The van der Waals surface area contributed by atoms with Crippen molar-refractivity contribution in [1.29, 1.82) is 0 Å². The van der Waals surface area contributed by atoms with Crippen LogP contribution in [-0.4, -0.2) is 59.6 Å². The van der Waals surface area contributed by atoms with E-state index in [1.54, 1.807) is 12.1 Å². The third-order valence-electron chi connectivity index (χ3n) is 4.57. The Morgan fingerprint density at radius 2 is 2.10 bits per heavy atom. The maximum Gasteiger partial charge on any atom is 0.387 e. The van der Waals surface area contributed by atoms with E-state index in [2.05, 4.69) is 25.1 Å². The summed E-state index contributed by atoms with van der Waals surface area (Å²) < 4.78 is 62.1. The lowest BCUT2D eigenvalue weighted by Gasteiger charge is -2.22. The van der Waals surface area contributed by atoms with Crippen molar-refractivity contribution < 1.29 is 26.7 Å². The first-order chi connectivity index (χ1) is 14.3. The van der Waals surface area contributed by atoms with Crippen LogP contribution in [0.2, 0.25) is 0 Å². The lowest BCUT2D eigenvalue weighted by Crippen LogP contribution is -2.42. The van der Waals surface area contributed by atoms with Crippen LogP contribution in [0, 0.1) is 6.92 Å². The van der Waals surface area contributed by atoms with Gasteiger partial charge >= 0.3 is 6.61 Å². The van der Waals surface area contributed by atoms with E-state index in [0.29, 0.717) is 18.1 Å². The Kier molecular flexibility index (Phi) is 12.6. The summed E-state index contributed by atoms with van der Waals surface area (Å²) in [5.41, 5.74) is 1.44. The predicted octanol–water partition coefficient (Wildman–Crippen LogP) is 2.37. The third kappa shape index (κ3) is 10.7. The van der Waals surface area contributed by atoms with E-state index in [-0.39, 0.29) is 61.2 Å². The topological polar surface area (TPSA) is 101 Å². The molecular formula is C19H31F2IN4O4S. The number of nitrogens with one attached hydrogen (secondary N) is 3. The van der Waals surface area contributed by atoms with Gasteiger partial charge in [0.05, 0.1) is 11.9 Å². The molecule has 178 valence electrons. The first kappa shape index (κ1) is 27.8. The van der Waals surface area contributed by atoms with E-state index in [1.165, 1.54) is 13.1 Å². The van der Waals surface area contributed by atoms with Gasteiger partial charge < -0.3 is 20.1 Å². The predicted molar refractivity (Wildman–Crippen MR) is 127 cm³/mol. The quantitative estimate of drug-likeness (QED) is 0.225. The lowest BCUT2D eigenvalue weighted by molar-refractivity contribution is -0.0504. The van der Waals surface area contributed by atoms with E-state index in [1.807, 2.05) is 6.92 Å². The number of ether oxygens (including phenoxy) is 2. The number of sulfonamides is 1. The molecule has 1 fully saturated rings. The van der Waals surface area contributed by atoms with Crippen LogP contribution >= 0.6 is 24.0 Å². The summed E-state index contributed by atoms with van der Waals surface area (Å²) in [6.07, 6.45) is 2.83. The number of aryl methyl sites for hydroxylation is 1. The zero-order chi connectivity index (χ0) is 22.0. The zero-order valence-corrected chi connectivity index (χ0v) is 20.8. The number of aliphatic imine (C=N–C) groups is 1. The number of nitrogens with zero attached hydrogens (tertiary/aromatic N) is 1. The molecule has 1 heterocycles. The molecule has 0 aliphatic carbocycles. The largest absolute Gasteiger partial charge is 0.434 e. The molecule has 31 heavy (non-hydrogen) atoms. The van der Waals surface area contributed by atoms with Crippen LogP contribution in [-0.2, 0) is 21.3 Å². The van der Waals surface area contributed by atoms with Gasteiger partial charge in [-0.05, 0) is 32.3 Å². The molecular weight excluding hydrogens is 545 g/mol. The average molecular weight is 576 g/mol. The van der Waals surface area contributed by atoms with Gasteiger partial charge in [-0.1, -0.05) is 17.7 Å². The van der Waals surface area contributed by atoms with Crippen molar-refractivity contribution in [1.82, 2.24) is 15.4 Å². The second-order valence-electron chi connectivity index (χ2n) is 7.00. The van der Waals surface area contributed by atoms with E-state index in [4.69, 9.17) is 4.74 Å². The lowest BCUT2D eigenvalue weighted by atomic mass is 10.1. The van der Waals surface area contributed by atoms with Crippen molar-refractivity contribution in [2.75, 3.05) is 32.5 Å². The molecule has 3 N–H and O–H groups in total. The van der Waals surface area contributed by atoms with Crippen LogP contribution in [0.15, 0.2) is 23.2 Å². The summed E-state index contributed by atoms with van der Waals surface area (Å²) in [5.74, 6) is 0.297. The zero-order valence-electron chi connectivity index (χ0n) is 17.7. The van der Waals surface area contributed by atoms with Gasteiger partial charge in [-0.25, -0.2) is 13.1 Å². The molecule has 8 nitrogen and oxygen atoms in total.